The summed E-state index contributed by atoms with van der Waals surface area (Å²) in [6, 6.07) is 9.80. The molecular formula is C19H19NO4. The molecule has 0 unspecified atom stereocenters. The molecule has 0 bridgehead atoms. The van der Waals surface area contributed by atoms with Gasteiger partial charge < -0.3 is 15.1 Å². The van der Waals surface area contributed by atoms with E-state index in [0.717, 1.165) is 17.3 Å². The molecule has 124 valence electrons. The quantitative estimate of drug-likeness (QED) is 0.652. The maximum atomic E-state index is 12.3. The Balaban J connectivity index is 2.26. The fourth-order valence-electron chi connectivity index (χ4n) is 2.20. The lowest BCUT2D eigenvalue weighted by atomic mass is 10.0. The van der Waals surface area contributed by atoms with Crippen molar-refractivity contribution in [1.82, 2.24) is 0 Å². The number of ketones is 2. The van der Waals surface area contributed by atoms with Crippen LogP contribution in [0.3, 0.4) is 0 Å². The van der Waals surface area contributed by atoms with Gasteiger partial charge >= 0.3 is 0 Å². The van der Waals surface area contributed by atoms with Gasteiger partial charge in [0.05, 0.1) is 11.1 Å². The van der Waals surface area contributed by atoms with Gasteiger partial charge in [-0.1, -0.05) is 18.2 Å². The van der Waals surface area contributed by atoms with Gasteiger partial charge in [0.15, 0.2) is 11.6 Å². The van der Waals surface area contributed by atoms with Crippen molar-refractivity contribution >= 4 is 23.3 Å². The summed E-state index contributed by atoms with van der Waals surface area (Å²) >= 11 is 0. The lowest BCUT2D eigenvalue weighted by Crippen LogP contribution is -2.07. The van der Waals surface area contributed by atoms with Gasteiger partial charge in [0.1, 0.15) is 11.5 Å². The second-order valence-electron chi connectivity index (χ2n) is 5.63. The number of carbonyl (C=O) groups is 2. The Bertz CT molecular complexity index is 805. The minimum atomic E-state index is -0.452. The highest BCUT2D eigenvalue weighted by atomic mass is 16.3. The first-order valence-corrected chi connectivity index (χ1v) is 7.36. The number of benzene rings is 2. The van der Waals surface area contributed by atoms with Gasteiger partial charge in [0.25, 0.3) is 0 Å². The second-order valence-corrected chi connectivity index (χ2v) is 5.63. The molecule has 0 fully saturated rings. The molecule has 0 aliphatic heterocycles. The smallest absolute Gasteiger partial charge is 0.189 e. The number of phenols is 2. The second kappa shape index (κ2) is 7.00. The fraction of sp³-hybridized carbons (Fsp3) is 0.158. The Morgan fingerprint density at radius 1 is 0.958 bits per heavy atom. The van der Waals surface area contributed by atoms with Crippen LogP contribution >= 0.6 is 0 Å². The number of allylic oxidation sites excluding steroid dienone is 1. The number of hydrogen-bond acceptors (Lipinski definition) is 5. The normalized spacial score (nSPS) is 10.8. The van der Waals surface area contributed by atoms with Gasteiger partial charge in [-0.3, -0.25) is 9.59 Å². The summed E-state index contributed by atoms with van der Waals surface area (Å²) < 4.78 is 0. The molecule has 2 N–H and O–H groups in total. The van der Waals surface area contributed by atoms with Crippen LogP contribution in [0.5, 0.6) is 11.5 Å². The van der Waals surface area contributed by atoms with Gasteiger partial charge in [-0.05, 0) is 36.8 Å². The van der Waals surface area contributed by atoms with Crippen molar-refractivity contribution < 1.29 is 19.8 Å². The number of rotatable bonds is 5. The third kappa shape index (κ3) is 3.81. The molecule has 5 heteroatoms. The molecule has 5 nitrogen and oxygen atoms in total. The van der Waals surface area contributed by atoms with Gasteiger partial charge in [0.2, 0.25) is 0 Å². The maximum absolute atomic E-state index is 12.3. The summed E-state index contributed by atoms with van der Waals surface area (Å²) in [6.07, 6.45) is 2.95. The summed E-state index contributed by atoms with van der Waals surface area (Å²) in [5.74, 6) is -1.55. The number of aromatic hydroxyl groups is 2. The lowest BCUT2D eigenvalue weighted by Gasteiger charge is -2.11. The number of nitrogens with zero attached hydrogens (tertiary/aromatic N) is 1. The zero-order valence-electron chi connectivity index (χ0n) is 13.8. The van der Waals surface area contributed by atoms with Crippen LogP contribution in [0.15, 0.2) is 42.5 Å². The predicted molar refractivity (Wildman–Crippen MR) is 93.9 cm³/mol. The monoisotopic (exact) mass is 325 g/mol. The zero-order chi connectivity index (χ0) is 17.9. The maximum Gasteiger partial charge on any atom is 0.189 e. The van der Waals surface area contributed by atoms with Crippen LogP contribution in [-0.4, -0.2) is 35.9 Å². The Morgan fingerprint density at radius 2 is 1.54 bits per heavy atom. The zero-order valence-corrected chi connectivity index (χ0v) is 13.8. The first-order chi connectivity index (χ1) is 11.3. The standard InChI is InChI=1S/C19H19NO4/c1-12(21)15-10-16(19(24)11-18(15)23)17(22)9-6-13-4-7-14(8-5-13)20(2)3/h4-11,23-24H,1-3H3/b9-6+. The van der Waals surface area contributed by atoms with Crippen molar-refractivity contribution in [3.05, 3.63) is 59.2 Å². The Kier molecular flexibility index (Phi) is 5.04. The molecular weight excluding hydrogens is 306 g/mol. The van der Waals surface area contributed by atoms with Crippen molar-refractivity contribution in [2.75, 3.05) is 19.0 Å². The van der Waals surface area contributed by atoms with E-state index in [9.17, 15) is 19.8 Å². The molecule has 2 rings (SSSR count). The molecule has 0 aromatic heterocycles. The van der Waals surface area contributed by atoms with E-state index in [4.69, 9.17) is 0 Å². The van der Waals surface area contributed by atoms with Gasteiger partial charge in [0, 0.05) is 25.8 Å². The molecule has 2 aromatic rings. The molecule has 0 aliphatic rings. The topological polar surface area (TPSA) is 77.8 Å². The van der Waals surface area contributed by atoms with E-state index in [0.29, 0.717) is 0 Å². The van der Waals surface area contributed by atoms with Crippen LogP contribution in [0.2, 0.25) is 0 Å². The van der Waals surface area contributed by atoms with E-state index in [1.807, 2.05) is 43.3 Å². The largest absolute Gasteiger partial charge is 0.507 e. The molecule has 0 aliphatic carbocycles. The molecule has 0 saturated carbocycles. The molecule has 24 heavy (non-hydrogen) atoms. The van der Waals surface area contributed by atoms with Crippen molar-refractivity contribution in [3.63, 3.8) is 0 Å². The molecule has 2 aromatic carbocycles. The average molecular weight is 325 g/mol. The van der Waals surface area contributed by atoms with Crippen molar-refractivity contribution in [2.45, 2.75) is 6.92 Å². The number of hydrogen-bond donors (Lipinski definition) is 2. The predicted octanol–water partition coefficient (Wildman–Crippen LogP) is 3.26. The molecule has 0 radical (unpaired) electrons. The van der Waals surface area contributed by atoms with Crippen LogP contribution < -0.4 is 4.90 Å². The van der Waals surface area contributed by atoms with Crippen LogP contribution in [0.25, 0.3) is 6.08 Å². The summed E-state index contributed by atoms with van der Waals surface area (Å²) in [5.41, 5.74) is 1.85. The van der Waals surface area contributed by atoms with E-state index in [1.165, 1.54) is 19.1 Å². The highest BCUT2D eigenvalue weighted by molar-refractivity contribution is 6.10. The van der Waals surface area contributed by atoms with E-state index >= 15 is 0 Å². The summed E-state index contributed by atoms with van der Waals surface area (Å²) in [4.78, 5) is 25.7. The molecule has 0 amide bonds. The first kappa shape index (κ1) is 17.3. The average Bonchev–Trinajstić information content (AvgIpc) is 2.52. The highest BCUT2D eigenvalue weighted by Gasteiger charge is 2.15. The van der Waals surface area contributed by atoms with Gasteiger partial charge in [-0.2, -0.15) is 0 Å². The van der Waals surface area contributed by atoms with Crippen LogP contribution in [-0.2, 0) is 0 Å². The molecule has 0 saturated heterocycles. The Morgan fingerprint density at radius 3 is 2.08 bits per heavy atom. The van der Waals surface area contributed by atoms with E-state index in [-0.39, 0.29) is 28.4 Å². The summed E-state index contributed by atoms with van der Waals surface area (Å²) in [6.45, 7) is 1.28. The van der Waals surface area contributed by atoms with E-state index < -0.39 is 5.78 Å². The van der Waals surface area contributed by atoms with Crippen molar-refractivity contribution in [1.29, 1.82) is 0 Å². The van der Waals surface area contributed by atoms with Crippen LogP contribution in [0.1, 0.15) is 33.2 Å². The number of anilines is 1. The lowest BCUT2D eigenvalue weighted by molar-refractivity contribution is 0.101. The molecule has 0 atom stereocenters. The van der Waals surface area contributed by atoms with Crippen LogP contribution in [0.4, 0.5) is 5.69 Å². The Labute approximate surface area is 140 Å². The Hall–Kier alpha value is -3.08. The first-order valence-electron chi connectivity index (χ1n) is 7.36. The van der Waals surface area contributed by atoms with E-state index in [1.54, 1.807) is 6.08 Å². The number of carbonyl (C=O) groups excluding carboxylic acids is 2. The highest BCUT2D eigenvalue weighted by Crippen LogP contribution is 2.28. The minimum absolute atomic E-state index is 0.000106. The third-order valence-corrected chi connectivity index (χ3v) is 3.60. The van der Waals surface area contributed by atoms with Gasteiger partial charge in [-0.25, -0.2) is 0 Å². The fourth-order valence-corrected chi connectivity index (χ4v) is 2.20. The van der Waals surface area contributed by atoms with Crippen molar-refractivity contribution in [2.24, 2.45) is 0 Å². The number of Topliss-reactive ketones (excluding diaryl/α,β-unsaturated/α-hetero) is 1. The SMILES string of the molecule is CC(=O)c1cc(C(=O)/C=C/c2ccc(N(C)C)cc2)c(O)cc1O. The van der Waals surface area contributed by atoms with Gasteiger partial charge in [-0.15, -0.1) is 0 Å². The van der Waals surface area contributed by atoms with E-state index in [2.05, 4.69) is 0 Å². The summed E-state index contributed by atoms with van der Waals surface area (Å²) in [5, 5.41) is 19.5. The molecule has 0 spiro atoms. The van der Waals surface area contributed by atoms with Crippen LogP contribution in [0, 0.1) is 0 Å². The molecule has 0 heterocycles. The summed E-state index contributed by atoms with van der Waals surface area (Å²) in [7, 11) is 3.88. The third-order valence-electron chi connectivity index (χ3n) is 3.60. The number of phenolic OH excluding ortho intramolecular Hbond substituents is 2. The van der Waals surface area contributed by atoms with Crippen molar-refractivity contribution in [3.8, 4) is 11.5 Å². The minimum Gasteiger partial charge on any atom is -0.507 e.